The molecule has 124 valence electrons. The van der Waals surface area contributed by atoms with Gasteiger partial charge < -0.3 is 15.0 Å². The molecule has 1 aliphatic rings. The highest BCUT2D eigenvalue weighted by Crippen LogP contribution is 2.24. The Morgan fingerprint density at radius 3 is 2.74 bits per heavy atom. The van der Waals surface area contributed by atoms with Crippen LogP contribution in [0.4, 0.5) is 0 Å². The average Bonchev–Trinajstić information content (AvgIpc) is 2.51. The topological polar surface area (TPSA) is 75.7 Å². The molecule has 0 aliphatic carbocycles. The average molecular weight is 359 g/mol. The molecule has 0 bridgehead atoms. The molecule has 6 nitrogen and oxygen atoms in total. The minimum Gasteiger partial charge on any atom is -0.466 e. The summed E-state index contributed by atoms with van der Waals surface area (Å²) in [6.45, 7) is 2.52. The predicted octanol–water partition coefficient (Wildman–Crippen LogP) is 1.89. The monoisotopic (exact) mass is 358 g/mol. The van der Waals surface area contributed by atoms with Crippen LogP contribution in [0.2, 0.25) is 10.0 Å². The zero-order valence-electron chi connectivity index (χ0n) is 12.5. The highest BCUT2D eigenvalue weighted by Gasteiger charge is 2.35. The van der Waals surface area contributed by atoms with Gasteiger partial charge in [-0.05, 0) is 25.1 Å². The molecule has 0 spiro atoms. The molecule has 1 fully saturated rings. The fraction of sp³-hybridized carbons (Fsp3) is 0.400. The van der Waals surface area contributed by atoms with E-state index >= 15 is 0 Å². The zero-order valence-corrected chi connectivity index (χ0v) is 14.0. The van der Waals surface area contributed by atoms with Gasteiger partial charge in [0.25, 0.3) is 5.91 Å². The highest BCUT2D eigenvalue weighted by molar-refractivity contribution is 6.42. The van der Waals surface area contributed by atoms with E-state index < -0.39 is 12.0 Å². The van der Waals surface area contributed by atoms with E-state index in [1.54, 1.807) is 6.92 Å². The van der Waals surface area contributed by atoms with Crippen molar-refractivity contribution in [1.29, 1.82) is 0 Å². The van der Waals surface area contributed by atoms with Gasteiger partial charge in [0.1, 0.15) is 6.04 Å². The summed E-state index contributed by atoms with van der Waals surface area (Å²) < 4.78 is 4.87. The zero-order chi connectivity index (χ0) is 17.0. The second kappa shape index (κ2) is 7.66. The number of halogens is 2. The van der Waals surface area contributed by atoms with E-state index in [2.05, 4.69) is 5.32 Å². The first kappa shape index (κ1) is 17.6. The van der Waals surface area contributed by atoms with Crippen molar-refractivity contribution in [3.05, 3.63) is 33.8 Å². The van der Waals surface area contributed by atoms with E-state index in [4.69, 9.17) is 27.9 Å². The number of piperazine rings is 1. The van der Waals surface area contributed by atoms with Crippen molar-refractivity contribution < 1.29 is 19.1 Å². The van der Waals surface area contributed by atoms with Crippen LogP contribution in [0.15, 0.2) is 18.2 Å². The Balaban J connectivity index is 2.22. The number of nitrogens with zero attached hydrogens (tertiary/aromatic N) is 1. The summed E-state index contributed by atoms with van der Waals surface area (Å²) in [5, 5.41) is 3.24. The van der Waals surface area contributed by atoms with E-state index in [1.165, 1.54) is 23.1 Å². The second-order valence-corrected chi connectivity index (χ2v) is 5.76. The van der Waals surface area contributed by atoms with Crippen molar-refractivity contribution in [3.8, 4) is 0 Å². The number of hydrogen-bond donors (Lipinski definition) is 1. The lowest BCUT2D eigenvalue weighted by molar-refractivity contribution is -0.147. The van der Waals surface area contributed by atoms with Crippen molar-refractivity contribution in [2.45, 2.75) is 19.4 Å². The number of carbonyl (C=O) groups excluding carboxylic acids is 3. The molecule has 0 aromatic heterocycles. The smallest absolute Gasteiger partial charge is 0.308 e. The second-order valence-electron chi connectivity index (χ2n) is 4.94. The molecule has 1 aromatic rings. The molecule has 0 unspecified atom stereocenters. The van der Waals surface area contributed by atoms with Crippen molar-refractivity contribution >= 4 is 41.0 Å². The maximum atomic E-state index is 12.7. The molecule has 2 amide bonds. The molecular formula is C15H16Cl2N2O4. The number of hydrogen-bond acceptors (Lipinski definition) is 4. The Morgan fingerprint density at radius 2 is 2.09 bits per heavy atom. The van der Waals surface area contributed by atoms with E-state index in [1.807, 2.05) is 0 Å². The van der Waals surface area contributed by atoms with E-state index in [0.29, 0.717) is 23.7 Å². The number of rotatable bonds is 4. The van der Waals surface area contributed by atoms with Crippen molar-refractivity contribution in [1.82, 2.24) is 10.2 Å². The third-order valence-electron chi connectivity index (χ3n) is 3.42. The number of amides is 2. The van der Waals surface area contributed by atoms with Crippen LogP contribution >= 0.6 is 23.2 Å². The molecule has 1 atom stereocenters. The molecule has 1 N–H and O–H groups in total. The maximum Gasteiger partial charge on any atom is 0.308 e. The normalized spacial score (nSPS) is 17.6. The minimum atomic E-state index is -0.898. The molecule has 1 aliphatic heterocycles. The lowest BCUT2D eigenvalue weighted by Crippen LogP contribution is -2.57. The van der Waals surface area contributed by atoms with Gasteiger partial charge in [-0.15, -0.1) is 0 Å². The molecule has 2 rings (SSSR count). The number of carbonyl (C=O) groups is 3. The van der Waals surface area contributed by atoms with Crippen molar-refractivity contribution in [2.24, 2.45) is 0 Å². The summed E-state index contributed by atoms with van der Waals surface area (Å²) in [5.74, 6) is -1.29. The third kappa shape index (κ3) is 4.14. The molecule has 1 aromatic carbocycles. The van der Waals surface area contributed by atoms with Gasteiger partial charge in [-0.2, -0.15) is 0 Å². The van der Waals surface area contributed by atoms with E-state index in [0.717, 1.165) is 0 Å². The molecule has 8 heteroatoms. The van der Waals surface area contributed by atoms with E-state index in [9.17, 15) is 14.4 Å². The Hall–Kier alpha value is -1.79. The molecule has 0 radical (unpaired) electrons. The number of benzene rings is 1. The van der Waals surface area contributed by atoms with Gasteiger partial charge in [0.2, 0.25) is 5.91 Å². The van der Waals surface area contributed by atoms with Crippen molar-refractivity contribution in [3.63, 3.8) is 0 Å². The summed E-state index contributed by atoms with van der Waals surface area (Å²) in [6.07, 6.45) is -0.188. The maximum absolute atomic E-state index is 12.7. The number of nitrogens with one attached hydrogen (secondary N) is 1. The molecule has 23 heavy (non-hydrogen) atoms. The number of esters is 1. The Labute approximate surface area is 143 Å². The lowest BCUT2D eigenvalue weighted by atomic mass is 10.1. The fourth-order valence-corrected chi connectivity index (χ4v) is 2.63. The first-order valence-corrected chi connectivity index (χ1v) is 7.89. The van der Waals surface area contributed by atoms with E-state index in [-0.39, 0.29) is 29.9 Å². The van der Waals surface area contributed by atoms with Gasteiger partial charge in [0.05, 0.1) is 23.1 Å². The van der Waals surface area contributed by atoms with Crippen LogP contribution in [-0.2, 0) is 14.3 Å². The van der Waals surface area contributed by atoms with Crippen LogP contribution in [0.25, 0.3) is 0 Å². The minimum absolute atomic E-state index is 0.188. The summed E-state index contributed by atoms with van der Waals surface area (Å²) >= 11 is 11.8. The summed E-state index contributed by atoms with van der Waals surface area (Å²) in [6, 6.07) is 3.59. The van der Waals surface area contributed by atoms with Crippen molar-refractivity contribution in [2.75, 3.05) is 19.7 Å². The first-order valence-electron chi connectivity index (χ1n) is 7.13. The molecule has 1 saturated heterocycles. The van der Waals surface area contributed by atoms with Gasteiger partial charge >= 0.3 is 5.97 Å². The van der Waals surface area contributed by atoms with Gasteiger partial charge in [0, 0.05) is 18.7 Å². The fourth-order valence-electron chi connectivity index (χ4n) is 2.33. The highest BCUT2D eigenvalue weighted by atomic mass is 35.5. The standard InChI is InChI=1S/C15H16Cl2N2O4/c1-2-23-13(20)8-12-14(21)18-5-6-19(12)15(22)9-3-4-10(16)11(17)7-9/h3-4,7,12H,2,5-6,8H2,1H3,(H,18,21)/t12-/m0/s1. The van der Waals surface area contributed by atoms with Gasteiger partial charge in [-0.1, -0.05) is 23.2 Å². The number of ether oxygens (including phenoxy) is 1. The summed E-state index contributed by atoms with van der Waals surface area (Å²) in [7, 11) is 0. The Bertz CT molecular complexity index is 636. The SMILES string of the molecule is CCOC(=O)C[C@H]1C(=O)NCCN1C(=O)c1ccc(Cl)c(Cl)c1. The largest absolute Gasteiger partial charge is 0.466 e. The van der Waals surface area contributed by atoms with Crippen LogP contribution in [0, 0.1) is 0 Å². The third-order valence-corrected chi connectivity index (χ3v) is 4.16. The summed E-state index contributed by atoms with van der Waals surface area (Å²) in [4.78, 5) is 37.7. The van der Waals surface area contributed by atoms with Gasteiger partial charge in [-0.3, -0.25) is 14.4 Å². The quantitative estimate of drug-likeness (QED) is 0.833. The first-order chi connectivity index (χ1) is 10.9. The van der Waals surface area contributed by atoms with Gasteiger partial charge in [0.15, 0.2) is 0 Å². The van der Waals surface area contributed by atoms with Crippen LogP contribution in [-0.4, -0.2) is 48.4 Å². The molecule has 0 saturated carbocycles. The molecular weight excluding hydrogens is 343 g/mol. The molecule has 1 heterocycles. The van der Waals surface area contributed by atoms with Crippen LogP contribution in [0.3, 0.4) is 0 Å². The predicted molar refractivity (Wildman–Crippen MR) is 85.5 cm³/mol. The van der Waals surface area contributed by atoms with Crippen LogP contribution in [0.5, 0.6) is 0 Å². The van der Waals surface area contributed by atoms with Crippen LogP contribution in [0.1, 0.15) is 23.7 Å². The lowest BCUT2D eigenvalue weighted by Gasteiger charge is -2.34. The Kier molecular flexibility index (Phi) is 5.85. The summed E-state index contributed by atoms with van der Waals surface area (Å²) in [5.41, 5.74) is 0.308. The van der Waals surface area contributed by atoms with Crippen LogP contribution < -0.4 is 5.32 Å². The van der Waals surface area contributed by atoms with Gasteiger partial charge in [-0.25, -0.2) is 0 Å². The Morgan fingerprint density at radius 1 is 1.35 bits per heavy atom.